The van der Waals surface area contributed by atoms with Crippen LogP contribution >= 0.6 is 0 Å². The Labute approximate surface area is 139 Å². The number of nitro benzene ring substituents is 1. The van der Waals surface area contributed by atoms with Gasteiger partial charge in [-0.1, -0.05) is 48.6 Å². The van der Waals surface area contributed by atoms with Gasteiger partial charge in [-0.15, -0.1) is 0 Å². The Morgan fingerprint density at radius 3 is 2.71 bits per heavy atom. The zero-order valence-electron chi connectivity index (χ0n) is 13.3. The number of ether oxygens (including phenoxy) is 1. The molecular formula is C18H18N2O4. The third kappa shape index (κ3) is 5.24. The van der Waals surface area contributed by atoms with Crippen molar-refractivity contribution in [2.24, 2.45) is 0 Å². The normalized spacial score (nSPS) is 10.5. The Hall–Kier alpha value is -3.15. The predicted molar refractivity (Wildman–Crippen MR) is 91.5 cm³/mol. The molecule has 6 nitrogen and oxygen atoms in total. The maximum atomic E-state index is 11.6. The van der Waals surface area contributed by atoms with Crippen LogP contribution in [0.3, 0.4) is 0 Å². The first-order chi connectivity index (χ1) is 11.6. The van der Waals surface area contributed by atoms with Crippen molar-refractivity contribution in [3.8, 4) is 0 Å². The lowest BCUT2D eigenvalue weighted by Crippen LogP contribution is -2.24. The maximum Gasteiger partial charge on any atom is 0.407 e. The number of rotatable bonds is 6. The van der Waals surface area contributed by atoms with Gasteiger partial charge in [-0.3, -0.25) is 10.1 Å². The predicted octanol–water partition coefficient (Wildman–Crippen LogP) is 3.84. The van der Waals surface area contributed by atoms with Crippen LogP contribution < -0.4 is 5.32 Å². The number of carbonyl (C=O) groups is 1. The number of amides is 1. The minimum Gasteiger partial charge on any atom is -0.445 e. The summed E-state index contributed by atoms with van der Waals surface area (Å²) in [5.41, 5.74) is 2.25. The lowest BCUT2D eigenvalue weighted by atomic mass is 10.1. The lowest BCUT2D eigenvalue weighted by Gasteiger charge is -2.05. The summed E-state index contributed by atoms with van der Waals surface area (Å²) in [5.74, 6) is 0. The summed E-state index contributed by atoms with van der Waals surface area (Å²) >= 11 is 0. The molecule has 0 spiro atoms. The molecule has 0 saturated heterocycles. The van der Waals surface area contributed by atoms with E-state index in [0.717, 1.165) is 11.1 Å². The topological polar surface area (TPSA) is 81.5 Å². The number of nitrogens with zero attached hydrogens (tertiary/aromatic N) is 1. The van der Waals surface area contributed by atoms with E-state index in [0.29, 0.717) is 5.56 Å². The summed E-state index contributed by atoms with van der Waals surface area (Å²) in [5, 5.41) is 13.6. The Bertz CT molecular complexity index is 742. The highest BCUT2D eigenvalue weighted by Gasteiger charge is 2.10. The molecule has 0 aliphatic rings. The Morgan fingerprint density at radius 1 is 1.25 bits per heavy atom. The molecule has 0 unspecified atom stereocenters. The molecule has 0 aromatic heterocycles. The number of nitrogens with one attached hydrogen (secondary N) is 1. The molecule has 0 radical (unpaired) electrons. The summed E-state index contributed by atoms with van der Waals surface area (Å²) in [6, 6.07) is 14.3. The highest BCUT2D eigenvalue weighted by Crippen LogP contribution is 2.21. The van der Waals surface area contributed by atoms with E-state index in [2.05, 4.69) is 5.32 Å². The second kappa shape index (κ2) is 8.47. The van der Waals surface area contributed by atoms with Crippen molar-refractivity contribution in [2.45, 2.75) is 13.5 Å². The van der Waals surface area contributed by atoms with E-state index in [4.69, 9.17) is 4.74 Å². The minimum atomic E-state index is -0.540. The number of hydrogen-bond acceptors (Lipinski definition) is 4. The van der Waals surface area contributed by atoms with E-state index in [1.807, 2.05) is 30.3 Å². The van der Waals surface area contributed by atoms with Crippen molar-refractivity contribution in [1.29, 1.82) is 0 Å². The Morgan fingerprint density at radius 2 is 2.00 bits per heavy atom. The molecule has 0 aliphatic carbocycles. The fourth-order valence-electron chi connectivity index (χ4n) is 2.06. The molecule has 1 amide bonds. The van der Waals surface area contributed by atoms with Gasteiger partial charge in [0.05, 0.1) is 10.5 Å². The zero-order chi connectivity index (χ0) is 17.4. The molecule has 0 saturated carbocycles. The number of nitro groups is 1. The molecule has 2 aromatic carbocycles. The van der Waals surface area contributed by atoms with Gasteiger partial charge in [0, 0.05) is 12.6 Å². The van der Waals surface area contributed by atoms with Gasteiger partial charge >= 0.3 is 6.09 Å². The van der Waals surface area contributed by atoms with E-state index in [1.165, 1.54) is 6.07 Å². The molecule has 0 aliphatic heterocycles. The fourth-order valence-corrected chi connectivity index (χ4v) is 2.06. The minimum absolute atomic E-state index is 0.0397. The van der Waals surface area contributed by atoms with Crippen LogP contribution in [0.1, 0.15) is 16.7 Å². The van der Waals surface area contributed by atoms with Gasteiger partial charge < -0.3 is 10.1 Å². The molecule has 0 fully saturated rings. The first kappa shape index (κ1) is 17.2. The summed E-state index contributed by atoms with van der Waals surface area (Å²) in [6.07, 6.45) is 2.71. The Kier molecular flexibility index (Phi) is 6.08. The number of alkyl carbamates (subject to hydrolysis) is 1. The second-order valence-corrected chi connectivity index (χ2v) is 5.16. The van der Waals surface area contributed by atoms with Gasteiger partial charge in [-0.2, -0.15) is 0 Å². The number of carbonyl (C=O) groups excluding carboxylic acids is 1. The van der Waals surface area contributed by atoms with Crippen LogP contribution in [0.2, 0.25) is 0 Å². The van der Waals surface area contributed by atoms with Crippen molar-refractivity contribution in [3.05, 3.63) is 81.4 Å². The van der Waals surface area contributed by atoms with Gasteiger partial charge in [0.25, 0.3) is 5.69 Å². The molecule has 1 N–H and O–H groups in total. The third-order valence-corrected chi connectivity index (χ3v) is 3.26. The number of benzene rings is 2. The van der Waals surface area contributed by atoms with E-state index >= 15 is 0 Å². The summed E-state index contributed by atoms with van der Waals surface area (Å²) < 4.78 is 5.07. The second-order valence-electron chi connectivity index (χ2n) is 5.16. The van der Waals surface area contributed by atoms with E-state index in [-0.39, 0.29) is 18.8 Å². The molecule has 0 atom stereocenters. The average molecular weight is 326 g/mol. The molecular weight excluding hydrogens is 308 g/mol. The Balaban J connectivity index is 1.82. The first-order valence-electron chi connectivity index (χ1n) is 7.42. The molecule has 24 heavy (non-hydrogen) atoms. The van der Waals surface area contributed by atoms with E-state index < -0.39 is 11.0 Å². The molecule has 0 bridgehead atoms. The van der Waals surface area contributed by atoms with Crippen LogP contribution in [0.4, 0.5) is 10.5 Å². The van der Waals surface area contributed by atoms with E-state index in [1.54, 1.807) is 31.2 Å². The SMILES string of the molecule is Cc1ccc(C=CCNC(=O)OCc2ccccc2)c([N+](=O)[O-])c1. The van der Waals surface area contributed by atoms with Gasteiger partial charge in [0.1, 0.15) is 6.61 Å². The number of hydrogen-bond donors (Lipinski definition) is 1. The first-order valence-corrected chi connectivity index (χ1v) is 7.42. The third-order valence-electron chi connectivity index (χ3n) is 3.26. The fraction of sp³-hybridized carbons (Fsp3) is 0.167. The highest BCUT2D eigenvalue weighted by molar-refractivity contribution is 5.68. The average Bonchev–Trinajstić information content (AvgIpc) is 2.58. The summed E-state index contributed by atoms with van der Waals surface area (Å²) in [7, 11) is 0. The van der Waals surface area contributed by atoms with Crippen molar-refractivity contribution in [3.63, 3.8) is 0 Å². The standard InChI is InChI=1S/C18H18N2O4/c1-14-9-10-16(17(12-14)20(22)23)8-5-11-19-18(21)24-13-15-6-3-2-4-7-15/h2-10,12H,11,13H2,1H3,(H,19,21). The van der Waals surface area contributed by atoms with Crippen LogP contribution in [0.25, 0.3) is 6.08 Å². The largest absolute Gasteiger partial charge is 0.445 e. The molecule has 124 valence electrons. The quantitative estimate of drug-likeness (QED) is 0.646. The van der Waals surface area contributed by atoms with Crippen LogP contribution in [-0.4, -0.2) is 17.6 Å². The van der Waals surface area contributed by atoms with Crippen molar-refractivity contribution in [2.75, 3.05) is 6.54 Å². The summed E-state index contributed by atoms with van der Waals surface area (Å²) in [4.78, 5) is 22.2. The van der Waals surface area contributed by atoms with Gasteiger partial charge in [-0.05, 0) is 24.1 Å². The smallest absolute Gasteiger partial charge is 0.407 e. The van der Waals surface area contributed by atoms with Gasteiger partial charge in [0.15, 0.2) is 0 Å². The maximum absolute atomic E-state index is 11.6. The summed E-state index contributed by atoms with van der Waals surface area (Å²) in [6.45, 7) is 2.21. The van der Waals surface area contributed by atoms with Crippen LogP contribution in [0.5, 0.6) is 0 Å². The molecule has 0 heterocycles. The van der Waals surface area contributed by atoms with Crippen molar-refractivity contribution in [1.82, 2.24) is 5.32 Å². The van der Waals surface area contributed by atoms with Crippen molar-refractivity contribution < 1.29 is 14.5 Å². The van der Waals surface area contributed by atoms with Crippen molar-refractivity contribution >= 4 is 17.9 Å². The molecule has 2 rings (SSSR count). The number of aryl methyl sites for hydroxylation is 1. The zero-order valence-corrected chi connectivity index (χ0v) is 13.3. The van der Waals surface area contributed by atoms with E-state index in [9.17, 15) is 14.9 Å². The van der Waals surface area contributed by atoms with Gasteiger partial charge in [0.2, 0.25) is 0 Å². The highest BCUT2D eigenvalue weighted by atomic mass is 16.6. The lowest BCUT2D eigenvalue weighted by molar-refractivity contribution is -0.385. The van der Waals surface area contributed by atoms with Crippen LogP contribution in [0, 0.1) is 17.0 Å². The molecule has 2 aromatic rings. The monoisotopic (exact) mass is 326 g/mol. The van der Waals surface area contributed by atoms with Crippen LogP contribution in [-0.2, 0) is 11.3 Å². The van der Waals surface area contributed by atoms with Gasteiger partial charge in [-0.25, -0.2) is 4.79 Å². The van der Waals surface area contributed by atoms with Crippen LogP contribution in [0.15, 0.2) is 54.6 Å². The molecule has 6 heteroatoms.